The summed E-state index contributed by atoms with van der Waals surface area (Å²) in [4.78, 5) is 42.3. The minimum atomic E-state index is -0.209. The average Bonchev–Trinajstić information content (AvgIpc) is 3.38. The Bertz CT molecular complexity index is 1820. The van der Waals surface area contributed by atoms with E-state index in [0.717, 1.165) is 23.1 Å². The molecule has 1 aromatic heterocycles. The van der Waals surface area contributed by atoms with Gasteiger partial charge in [-0.05, 0) is 114 Å². The summed E-state index contributed by atoms with van der Waals surface area (Å²) in [6.45, 7) is 6.43. The maximum Gasteiger partial charge on any atom is 0.262 e. The molecule has 0 aliphatic heterocycles. The van der Waals surface area contributed by atoms with Crippen LogP contribution in [0.15, 0.2) is 59.1 Å². The Hall–Kier alpha value is -3.86. The van der Waals surface area contributed by atoms with Crippen LogP contribution in [-0.2, 0) is 17.8 Å². The molecule has 0 saturated heterocycles. The molecule has 4 aromatic rings. The number of hydrogen-bond donors (Lipinski definition) is 3. The highest BCUT2D eigenvalue weighted by atomic mass is 79.9. The number of nitrogens with zero attached hydrogens (tertiary/aromatic N) is 2. The predicted molar refractivity (Wildman–Crippen MR) is 200 cm³/mol. The standard InChI is InChI=1S/C38H45BrClN5O4/c1-4-44(29-9-6-5-7-10-29)23-27-19-26(20-33(39)36(27)41)37(47)43-18-8-17-42-35(46)22-31-24(2)45(34-16-15-30(49-3)21-32(31)34)38(48)25-11-13-28(40)14-12-25/h11-16,19-21,29H,4-10,17-18,22-23,41H2,1-3H3,(H,42,46)(H,43,47). The second-order valence-corrected chi connectivity index (χ2v) is 13.9. The Kier molecular flexibility index (Phi) is 12.4. The first-order valence-electron chi connectivity index (χ1n) is 17.0. The van der Waals surface area contributed by atoms with Crippen LogP contribution in [0.1, 0.15) is 83.0 Å². The minimum Gasteiger partial charge on any atom is -0.497 e. The highest BCUT2D eigenvalue weighted by Crippen LogP contribution is 2.32. The lowest BCUT2D eigenvalue weighted by Gasteiger charge is -2.34. The van der Waals surface area contributed by atoms with Crippen molar-refractivity contribution in [1.82, 2.24) is 20.1 Å². The zero-order valence-electron chi connectivity index (χ0n) is 28.4. The van der Waals surface area contributed by atoms with Gasteiger partial charge in [-0.1, -0.05) is 37.8 Å². The van der Waals surface area contributed by atoms with E-state index in [9.17, 15) is 14.4 Å². The molecule has 49 heavy (non-hydrogen) atoms. The van der Waals surface area contributed by atoms with Gasteiger partial charge in [0.1, 0.15) is 5.75 Å². The molecule has 5 rings (SSSR count). The number of amides is 2. The monoisotopic (exact) mass is 749 g/mol. The third-order valence-corrected chi connectivity index (χ3v) is 10.4. The third-order valence-electron chi connectivity index (χ3n) is 9.48. The van der Waals surface area contributed by atoms with Crippen LogP contribution in [-0.4, -0.2) is 60.0 Å². The van der Waals surface area contributed by atoms with E-state index in [-0.39, 0.29) is 24.1 Å². The molecule has 0 spiro atoms. The van der Waals surface area contributed by atoms with Gasteiger partial charge in [-0.3, -0.25) is 23.9 Å². The fourth-order valence-corrected chi connectivity index (χ4v) is 7.37. The fourth-order valence-electron chi connectivity index (χ4n) is 6.74. The molecule has 260 valence electrons. The molecule has 1 aliphatic carbocycles. The minimum absolute atomic E-state index is 0.0840. The van der Waals surface area contributed by atoms with Crippen LogP contribution in [0.25, 0.3) is 10.9 Å². The van der Waals surface area contributed by atoms with Crippen molar-refractivity contribution in [2.24, 2.45) is 0 Å². The first-order valence-corrected chi connectivity index (χ1v) is 18.1. The second kappa shape index (κ2) is 16.7. The predicted octanol–water partition coefficient (Wildman–Crippen LogP) is 7.28. The van der Waals surface area contributed by atoms with Crippen molar-refractivity contribution in [3.63, 3.8) is 0 Å². The molecule has 1 saturated carbocycles. The number of carbonyl (C=O) groups excluding carboxylic acids is 3. The van der Waals surface area contributed by atoms with E-state index >= 15 is 0 Å². The van der Waals surface area contributed by atoms with Crippen LogP contribution < -0.4 is 21.1 Å². The van der Waals surface area contributed by atoms with E-state index in [4.69, 9.17) is 22.1 Å². The van der Waals surface area contributed by atoms with E-state index in [1.54, 1.807) is 48.1 Å². The number of aromatic nitrogens is 1. The van der Waals surface area contributed by atoms with Crippen molar-refractivity contribution in [3.8, 4) is 5.75 Å². The molecule has 0 unspecified atom stereocenters. The van der Waals surface area contributed by atoms with E-state index in [1.807, 2.05) is 25.1 Å². The van der Waals surface area contributed by atoms with Crippen molar-refractivity contribution in [2.75, 3.05) is 32.5 Å². The Labute approximate surface area is 301 Å². The molecule has 0 bridgehead atoms. The summed E-state index contributed by atoms with van der Waals surface area (Å²) >= 11 is 9.60. The van der Waals surface area contributed by atoms with Gasteiger partial charge in [0.2, 0.25) is 5.91 Å². The molecule has 1 heterocycles. The maximum absolute atomic E-state index is 13.6. The van der Waals surface area contributed by atoms with Gasteiger partial charge in [-0.25, -0.2) is 0 Å². The lowest BCUT2D eigenvalue weighted by Crippen LogP contribution is -2.36. The van der Waals surface area contributed by atoms with E-state index in [2.05, 4.69) is 38.4 Å². The summed E-state index contributed by atoms with van der Waals surface area (Å²) < 4.78 is 7.79. The lowest BCUT2D eigenvalue weighted by atomic mass is 9.93. The van der Waals surface area contributed by atoms with Crippen LogP contribution in [0.2, 0.25) is 5.02 Å². The molecule has 0 atom stereocenters. The molecule has 3 aromatic carbocycles. The Morgan fingerprint density at radius 3 is 2.41 bits per heavy atom. The first-order chi connectivity index (χ1) is 23.6. The highest BCUT2D eigenvalue weighted by molar-refractivity contribution is 9.10. The molecule has 1 aliphatic rings. The van der Waals surface area contributed by atoms with Gasteiger partial charge < -0.3 is 21.1 Å². The fraction of sp³-hybridized carbons (Fsp3) is 0.395. The zero-order valence-corrected chi connectivity index (χ0v) is 30.8. The number of benzene rings is 3. The van der Waals surface area contributed by atoms with Crippen molar-refractivity contribution in [3.05, 3.63) is 92.0 Å². The Balaban J connectivity index is 1.18. The summed E-state index contributed by atoms with van der Waals surface area (Å²) in [5.74, 6) is 0.0598. The molecule has 2 amide bonds. The molecule has 9 nitrogen and oxygen atoms in total. The summed E-state index contributed by atoms with van der Waals surface area (Å²) in [6, 6.07) is 16.4. The number of nitrogen functional groups attached to an aromatic ring is 1. The molecule has 0 radical (unpaired) electrons. The van der Waals surface area contributed by atoms with Gasteiger partial charge in [-0.2, -0.15) is 0 Å². The SMILES string of the molecule is CCN(Cc1cc(C(=O)NCCCNC(=O)Cc2c(C)n(C(=O)c3ccc(Cl)cc3)c3ccc(OC)cc23)cc(Br)c1N)C1CCCCC1. The van der Waals surface area contributed by atoms with Crippen molar-refractivity contribution >= 4 is 61.8 Å². The number of anilines is 1. The van der Waals surface area contributed by atoms with E-state index in [1.165, 1.54) is 32.1 Å². The van der Waals surface area contributed by atoms with E-state index < -0.39 is 0 Å². The smallest absolute Gasteiger partial charge is 0.262 e. The van der Waals surface area contributed by atoms with Gasteiger partial charge >= 0.3 is 0 Å². The second-order valence-electron chi connectivity index (χ2n) is 12.6. The van der Waals surface area contributed by atoms with Gasteiger partial charge in [0.25, 0.3) is 11.8 Å². The molecule has 11 heteroatoms. The topological polar surface area (TPSA) is 119 Å². The number of ether oxygens (including phenoxy) is 1. The quantitative estimate of drug-likeness (QED) is 0.0977. The highest BCUT2D eigenvalue weighted by Gasteiger charge is 2.23. The van der Waals surface area contributed by atoms with Gasteiger partial charge in [-0.15, -0.1) is 0 Å². The maximum atomic E-state index is 13.6. The number of nitrogens with one attached hydrogen (secondary N) is 2. The average molecular weight is 751 g/mol. The number of methoxy groups -OCH3 is 1. The molecular formula is C38H45BrClN5O4. The summed E-state index contributed by atoms with van der Waals surface area (Å²) in [6.07, 6.45) is 6.86. The van der Waals surface area contributed by atoms with Crippen molar-refractivity contribution < 1.29 is 19.1 Å². The summed E-state index contributed by atoms with van der Waals surface area (Å²) in [5, 5.41) is 7.26. The van der Waals surface area contributed by atoms with Crippen molar-refractivity contribution in [2.45, 2.75) is 71.4 Å². The van der Waals surface area contributed by atoms with Crippen LogP contribution >= 0.6 is 27.5 Å². The van der Waals surface area contributed by atoms with Gasteiger partial charge in [0, 0.05) is 57.4 Å². The first kappa shape index (κ1) is 36.4. The van der Waals surface area contributed by atoms with Crippen LogP contribution in [0.3, 0.4) is 0 Å². The zero-order chi connectivity index (χ0) is 35.1. The van der Waals surface area contributed by atoms with Crippen molar-refractivity contribution in [1.29, 1.82) is 0 Å². The number of rotatable bonds is 13. The summed E-state index contributed by atoms with van der Waals surface area (Å²) in [5.41, 5.74) is 11.2. The summed E-state index contributed by atoms with van der Waals surface area (Å²) in [7, 11) is 1.58. The van der Waals surface area contributed by atoms with Gasteiger partial charge in [0.15, 0.2) is 0 Å². The van der Waals surface area contributed by atoms with Crippen LogP contribution in [0.4, 0.5) is 5.69 Å². The van der Waals surface area contributed by atoms with Crippen LogP contribution in [0, 0.1) is 6.92 Å². The lowest BCUT2D eigenvalue weighted by molar-refractivity contribution is -0.120. The van der Waals surface area contributed by atoms with Crippen LogP contribution in [0.5, 0.6) is 5.75 Å². The number of nitrogens with two attached hydrogens (primary N) is 1. The number of hydrogen-bond acceptors (Lipinski definition) is 6. The molecule has 1 fully saturated rings. The third kappa shape index (κ3) is 8.66. The number of halogens is 2. The molecule has 4 N–H and O–H groups in total. The largest absolute Gasteiger partial charge is 0.497 e. The Morgan fingerprint density at radius 1 is 1.00 bits per heavy atom. The van der Waals surface area contributed by atoms with Gasteiger partial charge in [0.05, 0.1) is 24.7 Å². The molecular weight excluding hydrogens is 706 g/mol. The Morgan fingerprint density at radius 2 is 1.71 bits per heavy atom. The normalized spacial score (nSPS) is 13.5. The number of fused-ring (bicyclic) bond motifs is 1. The number of carbonyl (C=O) groups is 3. The van der Waals surface area contributed by atoms with E-state index in [0.29, 0.717) is 75.4 Å².